The number of rotatable bonds is 8. The van der Waals surface area contributed by atoms with E-state index < -0.39 is 85.6 Å². The molecule has 0 aromatic heterocycles. The molecule has 2 heterocycles. The Morgan fingerprint density at radius 2 is 1.23 bits per heavy atom. The van der Waals surface area contributed by atoms with Crippen LogP contribution in [0.15, 0.2) is 36.4 Å². The van der Waals surface area contributed by atoms with E-state index in [9.17, 15) is 55.9 Å². The fourth-order valence-electron chi connectivity index (χ4n) is 6.80. The highest BCUT2D eigenvalue weighted by molar-refractivity contribution is 5.83. The van der Waals surface area contributed by atoms with Gasteiger partial charge in [-0.1, -0.05) is 35.8 Å². The van der Waals surface area contributed by atoms with Crippen LogP contribution in [-0.4, -0.2) is 138 Å². The summed E-state index contributed by atoms with van der Waals surface area (Å²) in [5.74, 6) is 10.6. The minimum absolute atomic E-state index is 0.0178. The number of ether oxygens (including phenoxy) is 2. The molecule has 2 saturated heterocycles. The van der Waals surface area contributed by atoms with E-state index in [0.29, 0.717) is 11.1 Å². The molecule has 13 heteroatoms. The number of fused-ring (bicyclic) bond motifs is 3. The van der Waals surface area contributed by atoms with Crippen LogP contribution in [0.2, 0.25) is 0 Å². The zero-order valence-electron chi connectivity index (χ0n) is 25.9. The summed E-state index contributed by atoms with van der Waals surface area (Å²) in [6, 6.07) is 10.8. The van der Waals surface area contributed by atoms with E-state index in [4.69, 9.17) is 9.47 Å². The maximum absolute atomic E-state index is 11.8. The molecule has 0 saturated carbocycles. The molecular weight excluding hydrogens is 628 g/mol. The van der Waals surface area contributed by atoms with Crippen molar-refractivity contribution in [1.82, 2.24) is 0 Å². The van der Waals surface area contributed by atoms with Crippen molar-refractivity contribution in [2.24, 2.45) is 0 Å². The number of carboxylic acids is 1. The highest BCUT2D eigenvalue weighted by Crippen LogP contribution is 2.53. The zero-order chi connectivity index (χ0) is 34.7. The van der Waals surface area contributed by atoms with Crippen LogP contribution in [-0.2, 0) is 19.7 Å². The molecule has 258 valence electrons. The average Bonchev–Trinajstić information content (AvgIpc) is 3.34. The van der Waals surface area contributed by atoms with Gasteiger partial charge in [-0.3, -0.25) is 4.79 Å². The number of carbonyl (C=O) groups is 1. The molecule has 0 spiro atoms. The number of aliphatic hydroxyl groups excluding tert-OH is 9. The highest BCUT2D eigenvalue weighted by atomic mass is 16.5. The Bertz CT molecular complexity index is 1600. The third kappa shape index (κ3) is 6.87. The largest absolute Gasteiger partial charge is 0.481 e. The normalized spacial score (nSPS) is 33.9. The second-order valence-electron chi connectivity index (χ2n) is 12.4. The number of aliphatic carboxylic acids is 1. The lowest BCUT2D eigenvalue weighted by Gasteiger charge is -2.39. The van der Waals surface area contributed by atoms with Crippen LogP contribution in [0, 0.1) is 23.7 Å². The first-order valence-electron chi connectivity index (χ1n) is 15.7. The van der Waals surface area contributed by atoms with Crippen LogP contribution in [0.5, 0.6) is 0 Å². The fraction of sp³-hybridized carbons (Fsp3) is 0.514. The van der Waals surface area contributed by atoms with Gasteiger partial charge in [-0.25, -0.2) is 0 Å². The average molecular weight is 669 g/mol. The Balaban J connectivity index is 1.47. The molecule has 11 atom stereocenters. The van der Waals surface area contributed by atoms with Gasteiger partial charge in [-0.05, 0) is 59.4 Å². The van der Waals surface area contributed by atoms with Crippen molar-refractivity contribution < 1.29 is 65.3 Å². The van der Waals surface area contributed by atoms with Crippen molar-refractivity contribution in [3.8, 4) is 34.8 Å². The molecule has 3 aliphatic rings. The Morgan fingerprint density at radius 1 is 0.688 bits per heavy atom. The zero-order valence-corrected chi connectivity index (χ0v) is 25.9. The van der Waals surface area contributed by atoms with Crippen LogP contribution < -0.4 is 0 Å². The van der Waals surface area contributed by atoms with E-state index in [1.807, 2.05) is 18.2 Å². The van der Waals surface area contributed by atoms with Crippen LogP contribution >= 0.6 is 0 Å². The number of hydrogen-bond acceptors (Lipinski definition) is 12. The Hall–Kier alpha value is -3.41. The molecule has 5 rings (SSSR count). The third-order valence-electron chi connectivity index (χ3n) is 9.44. The van der Waals surface area contributed by atoms with E-state index in [1.165, 1.54) is 0 Å². The van der Waals surface area contributed by atoms with E-state index in [0.717, 1.165) is 22.3 Å². The fourth-order valence-corrected chi connectivity index (χ4v) is 6.80. The first-order valence-corrected chi connectivity index (χ1v) is 15.7. The molecule has 2 aromatic carbocycles. The lowest BCUT2D eigenvalue weighted by atomic mass is 9.71. The van der Waals surface area contributed by atoms with Crippen molar-refractivity contribution in [3.63, 3.8) is 0 Å². The smallest absolute Gasteiger partial charge is 0.303 e. The molecule has 2 aromatic rings. The van der Waals surface area contributed by atoms with Gasteiger partial charge in [0.2, 0.25) is 0 Å². The van der Waals surface area contributed by atoms with Gasteiger partial charge < -0.3 is 60.5 Å². The van der Waals surface area contributed by atoms with Crippen LogP contribution in [0.25, 0.3) is 11.1 Å². The Morgan fingerprint density at radius 3 is 1.79 bits per heavy atom. The van der Waals surface area contributed by atoms with Gasteiger partial charge >= 0.3 is 5.97 Å². The summed E-state index contributed by atoms with van der Waals surface area (Å²) < 4.78 is 11.0. The van der Waals surface area contributed by atoms with E-state index in [1.54, 1.807) is 18.2 Å². The number of aliphatic hydroxyl groups is 9. The van der Waals surface area contributed by atoms with Gasteiger partial charge in [0, 0.05) is 36.0 Å². The molecule has 13 nitrogen and oxygen atoms in total. The molecule has 10 N–H and O–H groups in total. The number of benzene rings is 2. The summed E-state index contributed by atoms with van der Waals surface area (Å²) in [5.41, 5.74) is 3.22. The summed E-state index contributed by atoms with van der Waals surface area (Å²) in [6.07, 6.45) is -13.2. The predicted molar refractivity (Wildman–Crippen MR) is 167 cm³/mol. The first kappa shape index (κ1) is 35.9. The molecule has 2 fully saturated rings. The molecule has 0 bridgehead atoms. The number of carboxylic acid groups (broad SMARTS) is 1. The summed E-state index contributed by atoms with van der Waals surface area (Å²) in [4.78, 5) is 11.8. The molecule has 1 unspecified atom stereocenters. The maximum Gasteiger partial charge on any atom is 0.303 e. The summed E-state index contributed by atoms with van der Waals surface area (Å²) in [6.45, 7) is -1.40. The summed E-state index contributed by atoms with van der Waals surface area (Å²) >= 11 is 0. The maximum atomic E-state index is 11.8. The van der Waals surface area contributed by atoms with Gasteiger partial charge in [0.25, 0.3) is 0 Å². The second kappa shape index (κ2) is 15.0. The lowest BCUT2D eigenvalue weighted by molar-refractivity contribution is -0.227. The molecule has 1 aliphatic carbocycles. The minimum atomic E-state index is -1.58. The first-order chi connectivity index (χ1) is 22.9. The van der Waals surface area contributed by atoms with Crippen LogP contribution in [0.4, 0.5) is 0 Å². The minimum Gasteiger partial charge on any atom is -0.481 e. The van der Waals surface area contributed by atoms with Gasteiger partial charge in [0.05, 0.1) is 19.3 Å². The van der Waals surface area contributed by atoms with E-state index in [-0.39, 0.29) is 32.3 Å². The SMILES string of the molecule is O=C(O)CCC1(CCO)c2cc(C#CC[C@H]3O[C@H](CO)[C@@H](O)[C@H](O)[C@@H]3O)ccc2-c2ccc(C#C[C@H]3O[C@H](CO)[C@@H](O)[C@H](O)[C@@H]3O)cc21. The summed E-state index contributed by atoms with van der Waals surface area (Å²) in [5, 5.41) is 99.9. The molecular formula is C35H40O13. The Labute approximate surface area is 276 Å². The van der Waals surface area contributed by atoms with Crippen LogP contribution in [0.3, 0.4) is 0 Å². The van der Waals surface area contributed by atoms with Crippen molar-refractivity contribution in [3.05, 3.63) is 58.7 Å². The quantitative estimate of drug-likeness (QED) is 0.137. The Kier molecular flexibility index (Phi) is 11.2. The van der Waals surface area contributed by atoms with E-state index >= 15 is 0 Å². The monoisotopic (exact) mass is 668 g/mol. The summed E-state index contributed by atoms with van der Waals surface area (Å²) in [7, 11) is 0. The van der Waals surface area contributed by atoms with Crippen molar-refractivity contribution in [1.29, 1.82) is 0 Å². The van der Waals surface area contributed by atoms with Crippen molar-refractivity contribution >= 4 is 5.97 Å². The second-order valence-corrected chi connectivity index (χ2v) is 12.4. The van der Waals surface area contributed by atoms with Gasteiger partial charge in [0.1, 0.15) is 54.9 Å². The molecule has 0 amide bonds. The van der Waals surface area contributed by atoms with E-state index in [2.05, 4.69) is 23.7 Å². The lowest BCUT2D eigenvalue weighted by Crippen LogP contribution is -2.58. The number of hydrogen-bond donors (Lipinski definition) is 10. The van der Waals surface area contributed by atoms with Gasteiger partial charge in [-0.2, -0.15) is 0 Å². The molecule has 48 heavy (non-hydrogen) atoms. The van der Waals surface area contributed by atoms with Crippen molar-refractivity contribution in [2.45, 2.75) is 92.1 Å². The van der Waals surface area contributed by atoms with Gasteiger partial charge in [-0.15, -0.1) is 0 Å². The predicted octanol–water partition coefficient (Wildman–Crippen LogP) is -2.02. The topological polar surface area (TPSA) is 238 Å². The third-order valence-corrected chi connectivity index (χ3v) is 9.44. The van der Waals surface area contributed by atoms with Gasteiger partial charge in [0.15, 0.2) is 0 Å². The van der Waals surface area contributed by atoms with Crippen molar-refractivity contribution in [2.75, 3.05) is 19.8 Å². The highest BCUT2D eigenvalue weighted by Gasteiger charge is 2.45. The molecule has 2 aliphatic heterocycles. The van der Waals surface area contributed by atoms with Crippen LogP contribution in [0.1, 0.15) is 47.9 Å². The standard InChI is InChI=1S/C35H40O13/c36-13-12-35(11-10-28(39)40)22-14-18(2-1-3-24-29(41)33(45)31(43)26(16-37)47-24)4-7-20(22)21-8-5-19(15-23(21)35)6-9-25-30(42)34(46)32(44)27(17-38)48-25/h4-5,7-8,14-15,24-27,29-34,36-38,41-46H,3,10-13,16-17H2,(H,39,40)/t24-,25-,26-,27-,29-,30-,31-,32-,33-,34-,35?/m1/s1. The molecule has 0 radical (unpaired) electrons.